The molecule has 0 fully saturated rings. The van der Waals surface area contributed by atoms with Crippen LogP contribution in [0.3, 0.4) is 0 Å². The molecule has 31 heavy (non-hydrogen) atoms. The van der Waals surface area contributed by atoms with Crippen molar-refractivity contribution in [2.75, 3.05) is 12.4 Å². The van der Waals surface area contributed by atoms with E-state index in [0.29, 0.717) is 18.3 Å². The highest BCUT2D eigenvalue weighted by Crippen LogP contribution is 2.28. The van der Waals surface area contributed by atoms with E-state index >= 15 is 0 Å². The number of rotatable bonds is 9. The van der Waals surface area contributed by atoms with Gasteiger partial charge in [-0.2, -0.15) is 0 Å². The van der Waals surface area contributed by atoms with Gasteiger partial charge in [0, 0.05) is 16.1 Å². The number of nitrogens with one attached hydrogen (secondary N) is 1. The first-order valence-corrected chi connectivity index (χ1v) is 11.8. The van der Waals surface area contributed by atoms with Gasteiger partial charge in [0.1, 0.15) is 5.75 Å². The van der Waals surface area contributed by atoms with Crippen LogP contribution in [0.2, 0.25) is 0 Å². The molecule has 1 N–H and O–H groups in total. The van der Waals surface area contributed by atoms with Gasteiger partial charge in [0.15, 0.2) is 11.0 Å². The van der Waals surface area contributed by atoms with Gasteiger partial charge in [0.25, 0.3) is 0 Å². The van der Waals surface area contributed by atoms with Crippen molar-refractivity contribution >= 4 is 29.0 Å². The molecule has 0 aliphatic heterocycles. The zero-order chi connectivity index (χ0) is 21.5. The van der Waals surface area contributed by atoms with Gasteiger partial charge in [-0.1, -0.05) is 48.2 Å². The molecule has 4 rings (SSSR count). The van der Waals surface area contributed by atoms with Crippen LogP contribution in [-0.2, 0) is 11.3 Å². The summed E-state index contributed by atoms with van der Waals surface area (Å²) in [7, 11) is 0. The fraction of sp³-hybridized carbons (Fsp3) is 0.174. The molecule has 0 spiro atoms. The quantitative estimate of drug-likeness (QED) is 0.371. The number of nitrogens with zero attached hydrogens (tertiary/aromatic N) is 3. The van der Waals surface area contributed by atoms with Gasteiger partial charge in [0.2, 0.25) is 5.91 Å². The van der Waals surface area contributed by atoms with E-state index < -0.39 is 0 Å². The summed E-state index contributed by atoms with van der Waals surface area (Å²) in [6.45, 7) is 3.11. The maximum absolute atomic E-state index is 12.4. The minimum absolute atomic E-state index is 0.0408. The van der Waals surface area contributed by atoms with E-state index in [1.54, 1.807) is 11.3 Å². The molecule has 0 unspecified atom stereocenters. The van der Waals surface area contributed by atoms with E-state index in [9.17, 15) is 4.79 Å². The number of benzene rings is 2. The first-order chi connectivity index (χ1) is 15.2. The number of thiophene rings is 1. The Bertz CT molecular complexity index is 1110. The topological polar surface area (TPSA) is 69.0 Å². The molecule has 2 aromatic heterocycles. The molecule has 8 heteroatoms. The monoisotopic (exact) mass is 450 g/mol. The van der Waals surface area contributed by atoms with Crippen LogP contribution in [-0.4, -0.2) is 33.0 Å². The van der Waals surface area contributed by atoms with Crippen molar-refractivity contribution in [1.82, 2.24) is 20.1 Å². The van der Waals surface area contributed by atoms with Gasteiger partial charge in [-0.25, -0.2) is 0 Å². The Balaban J connectivity index is 1.55. The van der Waals surface area contributed by atoms with Crippen LogP contribution in [0.15, 0.2) is 77.3 Å². The number of aromatic nitrogens is 3. The van der Waals surface area contributed by atoms with Crippen molar-refractivity contribution in [2.45, 2.75) is 18.6 Å². The number of thioether (sulfide) groups is 1. The van der Waals surface area contributed by atoms with Crippen molar-refractivity contribution in [3.63, 3.8) is 0 Å². The molecule has 1 amide bonds. The molecule has 0 aliphatic rings. The fourth-order valence-electron chi connectivity index (χ4n) is 3.01. The highest BCUT2D eigenvalue weighted by molar-refractivity contribution is 7.99. The molecule has 2 aromatic carbocycles. The van der Waals surface area contributed by atoms with Gasteiger partial charge in [0.05, 0.1) is 18.9 Å². The van der Waals surface area contributed by atoms with E-state index in [1.807, 2.05) is 83.6 Å². The number of hydrogen-bond donors (Lipinski definition) is 1. The number of carbonyl (C=O) groups is 1. The Labute approximate surface area is 189 Å². The summed E-state index contributed by atoms with van der Waals surface area (Å²) in [5.41, 5.74) is 1.87. The van der Waals surface area contributed by atoms with Gasteiger partial charge in [-0.15, -0.1) is 21.5 Å². The van der Waals surface area contributed by atoms with Crippen LogP contribution in [0, 0.1) is 0 Å². The molecule has 0 bridgehead atoms. The minimum Gasteiger partial charge on any atom is -0.494 e. The molecule has 0 aliphatic carbocycles. The van der Waals surface area contributed by atoms with Gasteiger partial charge in [-0.05, 0) is 42.6 Å². The maximum Gasteiger partial charge on any atom is 0.230 e. The Kier molecular flexibility index (Phi) is 7.01. The third kappa shape index (κ3) is 5.34. The molecular formula is C23H22N4O2S2. The lowest BCUT2D eigenvalue weighted by Crippen LogP contribution is -2.24. The zero-order valence-electron chi connectivity index (χ0n) is 17.0. The van der Waals surface area contributed by atoms with Gasteiger partial charge >= 0.3 is 0 Å². The predicted octanol–water partition coefficient (Wildman–Crippen LogP) is 4.80. The number of carbonyl (C=O) groups excluding carboxylic acids is 1. The highest BCUT2D eigenvalue weighted by atomic mass is 32.2. The lowest BCUT2D eigenvalue weighted by Gasteiger charge is -2.11. The van der Waals surface area contributed by atoms with Crippen LogP contribution < -0.4 is 10.1 Å². The molecule has 0 saturated heterocycles. The fourth-order valence-corrected chi connectivity index (χ4v) is 4.43. The van der Waals surface area contributed by atoms with E-state index in [0.717, 1.165) is 27.7 Å². The van der Waals surface area contributed by atoms with E-state index in [1.165, 1.54) is 11.8 Å². The molecule has 4 aromatic rings. The largest absolute Gasteiger partial charge is 0.494 e. The predicted molar refractivity (Wildman–Crippen MR) is 125 cm³/mol. The molecule has 0 saturated carbocycles. The summed E-state index contributed by atoms with van der Waals surface area (Å²) < 4.78 is 7.54. The highest BCUT2D eigenvalue weighted by Gasteiger charge is 2.17. The lowest BCUT2D eigenvalue weighted by molar-refractivity contribution is -0.118. The Morgan fingerprint density at radius 2 is 1.87 bits per heavy atom. The molecule has 0 atom stereocenters. The summed E-state index contributed by atoms with van der Waals surface area (Å²) in [4.78, 5) is 13.5. The summed E-state index contributed by atoms with van der Waals surface area (Å²) in [6.07, 6.45) is 0. The minimum atomic E-state index is -0.0408. The summed E-state index contributed by atoms with van der Waals surface area (Å²) >= 11 is 2.99. The normalized spacial score (nSPS) is 10.7. The van der Waals surface area contributed by atoms with Crippen molar-refractivity contribution in [3.8, 4) is 22.8 Å². The molecule has 6 nitrogen and oxygen atoms in total. The Hall–Kier alpha value is -3.10. The average Bonchev–Trinajstić information content (AvgIpc) is 3.48. The Morgan fingerprint density at radius 1 is 1.06 bits per heavy atom. The molecule has 158 valence electrons. The second-order valence-electron chi connectivity index (χ2n) is 6.58. The van der Waals surface area contributed by atoms with Crippen molar-refractivity contribution in [3.05, 3.63) is 77.0 Å². The van der Waals surface area contributed by atoms with Crippen molar-refractivity contribution < 1.29 is 9.53 Å². The zero-order valence-corrected chi connectivity index (χ0v) is 18.7. The second-order valence-corrected chi connectivity index (χ2v) is 8.55. The standard InChI is InChI=1S/C23H22N4O2S2/c1-2-29-19-12-10-18(11-13-19)27-22(17-7-4-3-5-8-17)25-26-23(27)31-16-21(28)24-15-20-9-6-14-30-20/h3-14H,2,15-16H2,1H3,(H,24,28). The van der Waals surface area contributed by atoms with Gasteiger partial charge < -0.3 is 10.1 Å². The van der Waals surface area contributed by atoms with Crippen LogP contribution >= 0.6 is 23.1 Å². The second kappa shape index (κ2) is 10.3. The van der Waals surface area contributed by atoms with Crippen molar-refractivity contribution in [2.24, 2.45) is 0 Å². The van der Waals surface area contributed by atoms with Gasteiger partial charge in [-0.3, -0.25) is 9.36 Å². The third-order valence-electron chi connectivity index (χ3n) is 4.44. The van der Waals surface area contributed by atoms with Crippen LogP contribution in [0.4, 0.5) is 0 Å². The van der Waals surface area contributed by atoms with E-state index in [4.69, 9.17) is 4.74 Å². The van der Waals surface area contributed by atoms with Crippen molar-refractivity contribution in [1.29, 1.82) is 0 Å². The third-order valence-corrected chi connectivity index (χ3v) is 6.25. The SMILES string of the molecule is CCOc1ccc(-n2c(SCC(=O)NCc3cccs3)nnc2-c2ccccc2)cc1. The molecule has 2 heterocycles. The van der Waals surface area contributed by atoms with E-state index in [-0.39, 0.29) is 11.7 Å². The van der Waals surface area contributed by atoms with E-state index in [2.05, 4.69) is 15.5 Å². The molecule has 0 radical (unpaired) electrons. The lowest BCUT2D eigenvalue weighted by atomic mass is 10.2. The Morgan fingerprint density at radius 3 is 2.58 bits per heavy atom. The maximum atomic E-state index is 12.4. The van der Waals surface area contributed by atoms with Crippen LogP contribution in [0.5, 0.6) is 5.75 Å². The van der Waals surface area contributed by atoms with Crippen LogP contribution in [0.1, 0.15) is 11.8 Å². The molecular weight excluding hydrogens is 428 g/mol. The first-order valence-electron chi connectivity index (χ1n) is 9.90. The summed E-state index contributed by atoms with van der Waals surface area (Å²) in [5, 5.41) is 14.4. The summed E-state index contributed by atoms with van der Waals surface area (Å²) in [6, 6.07) is 21.7. The number of hydrogen-bond acceptors (Lipinski definition) is 6. The number of amides is 1. The first kappa shape index (κ1) is 21.1. The average molecular weight is 451 g/mol. The number of ether oxygens (including phenoxy) is 1. The van der Waals surface area contributed by atoms with Crippen LogP contribution in [0.25, 0.3) is 17.1 Å². The smallest absolute Gasteiger partial charge is 0.230 e. The summed E-state index contributed by atoms with van der Waals surface area (Å²) in [5.74, 6) is 1.75.